The largest absolute Gasteiger partial charge is 0.454 e. The predicted molar refractivity (Wildman–Crippen MR) is 123 cm³/mol. The Balaban J connectivity index is 1.49. The second-order valence-electron chi connectivity index (χ2n) is 7.39. The molecule has 3 rings (SSSR count). The van der Waals surface area contributed by atoms with Crippen LogP contribution in [0.2, 0.25) is 0 Å². The minimum Gasteiger partial charge on any atom is -0.454 e. The van der Waals surface area contributed by atoms with E-state index in [0.717, 1.165) is 11.6 Å². The summed E-state index contributed by atoms with van der Waals surface area (Å²) in [6, 6.07) is 11.5. The number of amides is 2. The lowest BCUT2D eigenvalue weighted by atomic mass is 10.1. The summed E-state index contributed by atoms with van der Waals surface area (Å²) in [5, 5.41) is 5.43. The van der Waals surface area contributed by atoms with Crippen molar-refractivity contribution in [3.63, 3.8) is 0 Å². The molecule has 176 valence electrons. The quantitative estimate of drug-likeness (QED) is 0.379. The first-order chi connectivity index (χ1) is 15.8. The Labute approximate surface area is 193 Å². The molecule has 2 aromatic carbocycles. The van der Waals surface area contributed by atoms with Crippen LogP contribution in [0.4, 0.5) is 0 Å². The van der Waals surface area contributed by atoms with E-state index in [2.05, 4.69) is 17.2 Å². The predicted octanol–water partition coefficient (Wildman–Crippen LogP) is 1.70. The van der Waals surface area contributed by atoms with Crippen LogP contribution in [-0.2, 0) is 21.2 Å². The topological polar surface area (TPSA) is 114 Å². The molecule has 1 heterocycles. The van der Waals surface area contributed by atoms with Crippen LogP contribution >= 0.6 is 0 Å². The van der Waals surface area contributed by atoms with E-state index in [1.54, 1.807) is 0 Å². The molecule has 33 heavy (non-hydrogen) atoms. The zero-order chi connectivity index (χ0) is 23.8. The molecule has 2 amide bonds. The van der Waals surface area contributed by atoms with Crippen LogP contribution in [0.1, 0.15) is 22.3 Å². The Kier molecular flexibility index (Phi) is 8.07. The van der Waals surface area contributed by atoms with Gasteiger partial charge in [-0.2, -0.15) is 0 Å². The van der Waals surface area contributed by atoms with E-state index in [1.807, 2.05) is 18.2 Å². The van der Waals surface area contributed by atoms with E-state index in [1.165, 1.54) is 35.6 Å². The lowest BCUT2D eigenvalue weighted by Gasteiger charge is -2.17. The number of carbonyl (C=O) groups excluding carboxylic acids is 2. The molecule has 0 saturated carbocycles. The van der Waals surface area contributed by atoms with Gasteiger partial charge in [0.05, 0.1) is 4.90 Å². The summed E-state index contributed by atoms with van der Waals surface area (Å²) in [5.74, 6) is 0.821. The molecule has 0 aromatic heterocycles. The van der Waals surface area contributed by atoms with Crippen molar-refractivity contribution in [2.45, 2.75) is 17.7 Å². The Hall–Kier alpha value is -3.37. The van der Waals surface area contributed by atoms with Gasteiger partial charge in [0.25, 0.3) is 5.91 Å². The second-order valence-corrected chi connectivity index (χ2v) is 9.44. The van der Waals surface area contributed by atoms with E-state index in [-0.39, 0.29) is 30.0 Å². The van der Waals surface area contributed by atoms with Crippen LogP contribution in [-0.4, -0.2) is 58.0 Å². The summed E-state index contributed by atoms with van der Waals surface area (Å²) >= 11 is 0. The zero-order valence-electron chi connectivity index (χ0n) is 18.4. The monoisotopic (exact) mass is 473 g/mol. The molecule has 10 heteroatoms. The summed E-state index contributed by atoms with van der Waals surface area (Å²) in [6.45, 7) is 4.57. The molecule has 0 spiro atoms. The highest BCUT2D eigenvalue weighted by Gasteiger charge is 2.21. The van der Waals surface area contributed by atoms with Gasteiger partial charge in [0, 0.05) is 32.2 Å². The molecule has 0 bridgehead atoms. The van der Waals surface area contributed by atoms with Gasteiger partial charge in [0.2, 0.25) is 22.7 Å². The average Bonchev–Trinajstić information content (AvgIpc) is 3.29. The maximum atomic E-state index is 12.7. The number of nitrogens with zero attached hydrogens (tertiary/aromatic N) is 1. The highest BCUT2D eigenvalue weighted by Crippen LogP contribution is 2.32. The Morgan fingerprint density at radius 1 is 1.06 bits per heavy atom. The van der Waals surface area contributed by atoms with Crippen LogP contribution in [0.25, 0.3) is 0 Å². The van der Waals surface area contributed by atoms with Crippen LogP contribution in [0.5, 0.6) is 11.5 Å². The van der Waals surface area contributed by atoms with Crippen LogP contribution in [0, 0.1) is 0 Å². The molecule has 0 atom stereocenters. The molecule has 0 saturated heterocycles. The lowest BCUT2D eigenvalue weighted by molar-refractivity contribution is -0.116. The number of nitrogens with one attached hydrogen (secondary N) is 2. The molecule has 0 unspecified atom stereocenters. The minimum atomic E-state index is -3.70. The summed E-state index contributed by atoms with van der Waals surface area (Å²) in [5.41, 5.74) is 1.38. The van der Waals surface area contributed by atoms with Crippen LogP contribution in [0.3, 0.4) is 0 Å². The first-order valence-corrected chi connectivity index (χ1v) is 11.9. The fourth-order valence-electron chi connectivity index (χ4n) is 3.18. The maximum Gasteiger partial charge on any atom is 0.251 e. The normalized spacial score (nSPS) is 12.4. The number of rotatable bonds is 11. The minimum absolute atomic E-state index is 0.0945. The third kappa shape index (κ3) is 6.33. The third-order valence-electron chi connectivity index (χ3n) is 5.10. The SMILES string of the molecule is C=CC(=O)NCCCN(C)S(=O)(=O)c1ccc(C(=O)NCCc2ccc3c(c2)OCO3)cc1. The zero-order valence-corrected chi connectivity index (χ0v) is 19.2. The second kappa shape index (κ2) is 11.0. The molecule has 0 aliphatic carbocycles. The van der Waals surface area contributed by atoms with Crippen molar-refractivity contribution in [2.75, 3.05) is 33.5 Å². The van der Waals surface area contributed by atoms with E-state index in [0.29, 0.717) is 43.0 Å². The van der Waals surface area contributed by atoms with Gasteiger partial charge >= 0.3 is 0 Å². The Morgan fingerprint density at radius 3 is 2.52 bits per heavy atom. The van der Waals surface area contributed by atoms with E-state index >= 15 is 0 Å². The van der Waals surface area contributed by atoms with Crippen molar-refractivity contribution in [1.29, 1.82) is 0 Å². The fraction of sp³-hybridized carbons (Fsp3) is 0.304. The van der Waals surface area contributed by atoms with Gasteiger partial charge in [-0.05, 0) is 60.9 Å². The lowest BCUT2D eigenvalue weighted by Crippen LogP contribution is -2.31. The number of sulfonamides is 1. The number of carbonyl (C=O) groups is 2. The van der Waals surface area contributed by atoms with Crippen molar-refractivity contribution < 1.29 is 27.5 Å². The summed E-state index contributed by atoms with van der Waals surface area (Å²) in [7, 11) is -2.23. The van der Waals surface area contributed by atoms with Gasteiger partial charge in [0.1, 0.15) is 0 Å². The standard InChI is InChI=1S/C23H27N3O6S/c1-3-22(27)24-12-4-14-26(2)33(29,30)19-8-6-18(7-9-19)23(28)25-13-11-17-5-10-20-21(15-17)32-16-31-20/h3,5-10,15H,1,4,11-14,16H2,2H3,(H,24,27)(H,25,28). The van der Waals surface area contributed by atoms with Gasteiger partial charge in [-0.1, -0.05) is 12.6 Å². The van der Waals surface area contributed by atoms with Crippen molar-refractivity contribution in [3.05, 3.63) is 66.2 Å². The first kappa shape index (κ1) is 24.3. The average molecular weight is 474 g/mol. The molecule has 2 N–H and O–H groups in total. The fourth-order valence-corrected chi connectivity index (χ4v) is 4.39. The number of hydrogen-bond acceptors (Lipinski definition) is 6. The van der Waals surface area contributed by atoms with Crippen molar-refractivity contribution in [1.82, 2.24) is 14.9 Å². The van der Waals surface area contributed by atoms with E-state index in [4.69, 9.17) is 9.47 Å². The molecule has 0 radical (unpaired) electrons. The van der Waals surface area contributed by atoms with E-state index in [9.17, 15) is 18.0 Å². The first-order valence-electron chi connectivity index (χ1n) is 10.4. The van der Waals surface area contributed by atoms with Crippen molar-refractivity contribution in [2.24, 2.45) is 0 Å². The Bertz CT molecular complexity index is 1120. The molecule has 1 aliphatic rings. The van der Waals surface area contributed by atoms with Gasteiger partial charge in [-0.25, -0.2) is 12.7 Å². The third-order valence-corrected chi connectivity index (χ3v) is 6.97. The summed E-state index contributed by atoms with van der Waals surface area (Å²) < 4.78 is 37.3. The van der Waals surface area contributed by atoms with Gasteiger partial charge in [0.15, 0.2) is 11.5 Å². The van der Waals surface area contributed by atoms with Gasteiger partial charge in [-0.15, -0.1) is 0 Å². The van der Waals surface area contributed by atoms with Gasteiger partial charge < -0.3 is 20.1 Å². The summed E-state index contributed by atoms with van der Waals surface area (Å²) in [4.78, 5) is 23.6. The highest BCUT2D eigenvalue weighted by atomic mass is 32.2. The molecule has 1 aliphatic heterocycles. The molecular weight excluding hydrogens is 446 g/mol. The van der Waals surface area contributed by atoms with Gasteiger partial charge in [-0.3, -0.25) is 9.59 Å². The summed E-state index contributed by atoms with van der Waals surface area (Å²) in [6.07, 6.45) is 2.24. The van der Waals surface area contributed by atoms with Crippen molar-refractivity contribution >= 4 is 21.8 Å². The van der Waals surface area contributed by atoms with Crippen LogP contribution in [0.15, 0.2) is 60.0 Å². The highest BCUT2D eigenvalue weighted by molar-refractivity contribution is 7.89. The number of fused-ring (bicyclic) bond motifs is 1. The van der Waals surface area contributed by atoms with Crippen molar-refractivity contribution in [3.8, 4) is 11.5 Å². The van der Waals surface area contributed by atoms with Crippen LogP contribution < -0.4 is 20.1 Å². The number of ether oxygens (including phenoxy) is 2. The smallest absolute Gasteiger partial charge is 0.251 e. The maximum absolute atomic E-state index is 12.7. The Morgan fingerprint density at radius 2 is 1.79 bits per heavy atom. The molecule has 2 aromatic rings. The number of benzene rings is 2. The molecular formula is C23H27N3O6S. The molecule has 9 nitrogen and oxygen atoms in total. The van der Waals surface area contributed by atoms with E-state index < -0.39 is 10.0 Å². The molecule has 0 fully saturated rings. The number of hydrogen-bond donors (Lipinski definition) is 2.